The third kappa shape index (κ3) is 4.46. The van der Waals surface area contributed by atoms with E-state index in [-0.39, 0.29) is 5.54 Å². The molecular formula is C17H36N2. The van der Waals surface area contributed by atoms with Crippen LogP contribution in [0.3, 0.4) is 0 Å². The van der Waals surface area contributed by atoms with Crippen LogP contribution in [0.2, 0.25) is 0 Å². The van der Waals surface area contributed by atoms with Crippen molar-refractivity contribution >= 4 is 0 Å². The molecule has 0 aromatic heterocycles. The third-order valence-electron chi connectivity index (χ3n) is 5.08. The van der Waals surface area contributed by atoms with Gasteiger partial charge in [-0.3, -0.25) is 4.90 Å². The van der Waals surface area contributed by atoms with Gasteiger partial charge in [0.15, 0.2) is 0 Å². The Morgan fingerprint density at radius 3 is 2.11 bits per heavy atom. The number of hydrogen-bond donors (Lipinski definition) is 1. The van der Waals surface area contributed by atoms with Crippen LogP contribution in [0.4, 0.5) is 0 Å². The van der Waals surface area contributed by atoms with Gasteiger partial charge in [0.2, 0.25) is 0 Å². The van der Waals surface area contributed by atoms with Gasteiger partial charge in [0.05, 0.1) is 0 Å². The molecule has 1 N–H and O–H groups in total. The number of nitrogens with one attached hydrogen (secondary N) is 1. The summed E-state index contributed by atoms with van der Waals surface area (Å²) < 4.78 is 0. The largest absolute Gasteiger partial charge is 0.312 e. The highest BCUT2D eigenvalue weighted by Crippen LogP contribution is 2.33. The van der Waals surface area contributed by atoms with E-state index in [1.807, 2.05) is 0 Å². The summed E-state index contributed by atoms with van der Waals surface area (Å²) in [5, 5.41) is 3.89. The zero-order valence-corrected chi connectivity index (χ0v) is 14.0. The van der Waals surface area contributed by atoms with E-state index in [1.165, 1.54) is 38.5 Å². The molecule has 114 valence electrons. The first kappa shape index (κ1) is 17.0. The van der Waals surface area contributed by atoms with Crippen molar-refractivity contribution in [1.29, 1.82) is 0 Å². The van der Waals surface area contributed by atoms with Gasteiger partial charge >= 0.3 is 0 Å². The average Bonchev–Trinajstić information content (AvgIpc) is 2.41. The fraction of sp³-hybridized carbons (Fsp3) is 1.00. The molecule has 19 heavy (non-hydrogen) atoms. The standard InChI is InChI=1S/C17H36N2/c1-6-14-18-16(15-12-10-9-11-13-15)17(4,5)19(7-2)8-3/h15-16,18H,6-14H2,1-5H3. The molecule has 1 fully saturated rings. The Bertz CT molecular complexity index is 227. The van der Waals surface area contributed by atoms with Crippen molar-refractivity contribution in [2.24, 2.45) is 5.92 Å². The lowest BCUT2D eigenvalue weighted by atomic mass is 9.75. The van der Waals surface area contributed by atoms with E-state index in [0.717, 1.165) is 25.6 Å². The summed E-state index contributed by atoms with van der Waals surface area (Å²) in [7, 11) is 0. The molecule has 1 aliphatic carbocycles. The first-order chi connectivity index (χ1) is 9.07. The molecule has 0 amide bonds. The van der Waals surface area contributed by atoms with Crippen molar-refractivity contribution in [2.45, 2.75) is 84.7 Å². The molecule has 1 atom stereocenters. The van der Waals surface area contributed by atoms with Crippen LogP contribution < -0.4 is 5.32 Å². The molecule has 1 unspecified atom stereocenters. The highest BCUT2D eigenvalue weighted by Gasteiger charge is 2.38. The first-order valence-corrected chi connectivity index (χ1v) is 8.56. The van der Waals surface area contributed by atoms with Crippen molar-refractivity contribution in [1.82, 2.24) is 10.2 Å². The van der Waals surface area contributed by atoms with Crippen molar-refractivity contribution < 1.29 is 0 Å². The maximum absolute atomic E-state index is 3.89. The van der Waals surface area contributed by atoms with Crippen LogP contribution in [0.25, 0.3) is 0 Å². The normalized spacial score (nSPS) is 19.9. The minimum atomic E-state index is 0.265. The molecule has 0 aromatic carbocycles. The van der Waals surface area contributed by atoms with Crippen LogP contribution in [0.5, 0.6) is 0 Å². The van der Waals surface area contributed by atoms with Gasteiger partial charge in [-0.05, 0) is 58.7 Å². The van der Waals surface area contributed by atoms with Crippen LogP contribution in [-0.2, 0) is 0 Å². The fourth-order valence-corrected chi connectivity index (χ4v) is 4.00. The first-order valence-electron chi connectivity index (χ1n) is 8.56. The summed E-state index contributed by atoms with van der Waals surface area (Å²) in [6.07, 6.45) is 8.39. The quantitative estimate of drug-likeness (QED) is 0.714. The highest BCUT2D eigenvalue weighted by molar-refractivity contribution is 4.97. The number of likely N-dealkylation sites (N-methyl/N-ethyl adjacent to an activating group) is 1. The average molecular weight is 268 g/mol. The van der Waals surface area contributed by atoms with Crippen LogP contribution in [0.1, 0.15) is 73.1 Å². The molecule has 1 saturated carbocycles. The van der Waals surface area contributed by atoms with E-state index < -0.39 is 0 Å². The van der Waals surface area contributed by atoms with E-state index in [2.05, 4.69) is 44.8 Å². The van der Waals surface area contributed by atoms with Crippen LogP contribution in [0, 0.1) is 5.92 Å². The molecule has 0 spiro atoms. The lowest BCUT2D eigenvalue weighted by Gasteiger charge is -2.48. The van der Waals surface area contributed by atoms with Gasteiger partial charge < -0.3 is 5.32 Å². The number of rotatable bonds is 8. The van der Waals surface area contributed by atoms with Gasteiger partial charge in [0.25, 0.3) is 0 Å². The third-order valence-corrected chi connectivity index (χ3v) is 5.08. The molecule has 2 nitrogen and oxygen atoms in total. The molecule has 2 heteroatoms. The lowest BCUT2D eigenvalue weighted by molar-refractivity contribution is 0.0545. The van der Waals surface area contributed by atoms with Crippen molar-refractivity contribution in [3.63, 3.8) is 0 Å². The summed E-state index contributed by atoms with van der Waals surface area (Å²) in [5.41, 5.74) is 0.265. The summed E-state index contributed by atoms with van der Waals surface area (Å²) >= 11 is 0. The van der Waals surface area contributed by atoms with E-state index in [0.29, 0.717) is 6.04 Å². The molecule has 0 aromatic rings. The van der Waals surface area contributed by atoms with E-state index in [1.54, 1.807) is 0 Å². The van der Waals surface area contributed by atoms with Gasteiger partial charge in [-0.25, -0.2) is 0 Å². The summed E-state index contributed by atoms with van der Waals surface area (Å²) in [5.74, 6) is 0.871. The van der Waals surface area contributed by atoms with E-state index >= 15 is 0 Å². The monoisotopic (exact) mass is 268 g/mol. The second kappa shape index (κ2) is 8.26. The Labute approximate surface area is 121 Å². The summed E-state index contributed by atoms with van der Waals surface area (Å²) in [4.78, 5) is 2.63. The van der Waals surface area contributed by atoms with Gasteiger partial charge in [-0.15, -0.1) is 0 Å². The minimum absolute atomic E-state index is 0.265. The maximum Gasteiger partial charge on any atom is 0.0308 e. The van der Waals surface area contributed by atoms with Crippen LogP contribution in [-0.4, -0.2) is 36.1 Å². The van der Waals surface area contributed by atoms with Gasteiger partial charge in [-0.2, -0.15) is 0 Å². The number of hydrogen-bond acceptors (Lipinski definition) is 2. The lowest BCUT2D eigenvalue weighted by Crippen LogP contribution is -2.60. The molecule has 0 radical (unpaired) electrons. The second-order valence-corrected chi connectivity index (χ2v) is 6.66. The van der Waals surface area contributed by atoms with Crippen LogP contribution >= 0.6 is 0 Å². The van der Waals surface area contributed by atoms with Crippen molar-refractivity contribution in [3.05, 3.63) is 0 Å². The maximum atomic E-state index is 3.89. The molecule has 1 rings (SSSR count). The highest BCUT2D eigenvalue weighted by atomic mass is 15.2. The van der Waals surface area contributed by atoms with E-state index in [9.17, 15) is 0 Å². The smallest absolute Gasteiger partial charge is 0.0308 e. The molecular weight excluding hydrogens is 232 g/mol. The molecule has 1 aliphatic rings. The van der Waals surface area contributed by atoms with Crippen molar-refractivity contribution in [3.8, 4) is 0 Å². The Morgan fingerprint density at radius 2 is 1.63 bits per heavy atom. The Morgan fingerprint density at radius 1 is 1.05 bits per heavy atom. The van der Waals surface area contributed by atoms with Gasteiger partial charge in [-0.1, -0.05) is 40.0 Å². The predicted octanol–water partition coefficient (Wildman–Crippen LogP) is 4.06. The fourth-order valence-electron chi connectivity index (χ4n) is 4.00. The summed E-state index contributed by atoms with van der Waals surface area (Å²) in [6.45, 7) is 15.2. The van der Waals surface area contributed by atoms with Crippen LogP contribution in [0.15, 0.2) is 0 Å². The Kier molecular flexibility index (Phi) is 7.38. The molecule has 0 bridgehead atoms. The molecule has 0 aliphatic heterocycles. The SMILES string of the molecule is CCCNC(C1CCCCC1)C(C)(C)N(CC)CC. The minimum Gasteiger partial charge on any atom is -0.312 e. The topological polar surface area (TPSA) is 15.3 Å². The van der Waals surface area contributed by atoms with E-state index in [4.69, 9.17) is 0 Å². The number of nitrogens with zero attached hydrogens (tertiary/aromatic N) is 1. The predicted molar refractivity (Wildman–Crippen MR) is 85.7 cm³/mol. The zero-order valence-electron chi connectivity index (χ0n) is 14.0. The molecule has 0 heterocycles. The zero-order chi connectivity index (χ0) is 14.3. The Balaban J connectivity index is 2.80. The molecule has 0 saturated heterocycles. The van der Waals surface area contributed by atoms with Gasteiger partial charge in [0, 0.05) is 11.6 Å². The summed E-state index contributed by atoms with van der Waals surface area (Å²) in [6, 6.07) is 0.646. The van der Waals surface area contributed by atoms with Crippen molar-refractivity contribution in [2.75, 3.05) is 19.6 Å². The Hall–Kier alpha value is -0.0800. The second-order valence-electron chi connectivity index (χ2n) is 6.66. The van der Waals surface area contributed by atoms with Gasteiger partial charge in [0.1, 0.15) is 0 Å².